The highest BCUT2D eigenvalue weighted by Gasteiger charge is 2.09. The molecule has 1 aromatic carbocycles. The first kappa shape index (κ1) is 13.1. The van der Waals surface area contributed by atoms with Crippen LogP contribution in [0.15, 0.2) is 40.8 Å². The van der Waals surface area contributed by atoms with Crippen LogP contribution in [0, 0.1) is 0 Å². The number of halogens is 1. The molecule has 1 aromatic rings. The number of hydrogen-bond donors (Lipinski definition) is 2. The van der Waals surface area contributed by atoms with Crippen LogP contribution < -0.4 is 5.32 Å². The van der Waals surface area contributed by atoms with Crippen molar-refractivity contribution >= 4 is 35.0 Å². The van der Waals surface area contributed by atoms with Crippen LogP contribution in [0.3, 0.4) is 0 Å². The van der Waals surface area contributed by atoms with Crippen molar-refractivity contribution in [2.75, 3.05) is 17.7 Å². The van der Waals surface area contributed by atoms with Crippen LogP contribution in [0.4, 0.5) is 5.69 Å². The molecule has 0 aliphatic rings. The Morgan fingerprint density at radius 2 is 2.12 bits per heavy atom. The summed E-state index contributed by atoms with van der Waals surface area (Å²) in [6.07, 6.45) is 0. The van der Waals surface area contributed by atoms with Crippen LogP contribution in [0.5, 0.6) is 0 Å². The molecule has 0 aromatic heterocycles. The molecule has 0 fully saturated rings. The topological polar surface area (TPSA) is 49.3 Å². The van der Waals surface area contributed by atoms with Gasteiger partial charge in [0.05, 0.1) is 11.5 Å². The van der Waals surface area contributed by atoms with E-state index in [2.05, 4.69) is 5.32 Å². The maximum atomic E-state index is 11.7. The molecule has 1 rings (SSSR count). The molecule has 0 aliphatic carbocycles. The molecular formula is C11H12ClNO2S. The lowest BCUT2D eigenvalue weighted by Crippen LogP contribution is -2.12. The van der Waals surface area contributed by atoms with Gasteiger partial charge in [0.2, 0.25) is 0 Å². The van der Waals surface area contributed by atoms with E-state index in [4.69, 9.17) is 16.7 Å². The van der Waals surface area contributed by atoms with Crippen LogP contribution in [-0.4, -0.2) is 23.4 Å². The van der Waals surface area contributed by atoms with Gasteiger partial charge in [-0.2, -0.15) is 0 Å². The molecule has 5 heteroatoms. The third-order valence-corrected chi connectivity index (χ3v) is 3.05. The fraction of sp³-hybridized carbons (Fsp3) is 0.182. The van der Waals surface area contributed by atoms with Gasteiger partial charge in [-0.15, -0.1) is 11.8 Å². The second-order valence-corrected chi connectivity index (χ2v) is 4.22. The van der Waals surface area contributed by atoms with Gasteiger partial charge < -0.3 is 10.4 Å². The maximum absolute atomic E-state index is 11.7. The van der Waals surface area contributed by atoms with E-state index in [-0.39, 0.29) is 12.5 Å². The molecule has 0 heterocycles. The Balaban J connectivity index is 2.57. The Labute approximate surface area is 103 Å². The molecule has 16 heavy (non-hydrogen) atoms. The Kier molecular flexibility index (Phi) is 6.00. The molecule has 0 spiro atoms. The van der Waals surface area contributed by atoms with E-state index in [9.17, 15) is 4.79 Å². The number of aliphatic hydroxyl groups is 1. The van der Waals surface area contributed by atoms with E-state index in [1.54, 1.807) is 12.1 Å². The quantitative estimate of drug-likeness (QED) is 0.797. The molecule has 2 N–H and O–H groups in total. The number of hydrogen-bond acceptors (Lipinski definition) is 3. The number of para-hydroxylation sites is 1. The molecule has 0 atom stereocenters. The van der Waals surface area contributed by atoms with Crippen molar-refractivity contribution in [1.82, 2.24) is 0 Å². The van der Waals surface area contributed by atoms with Crippen molar-refractivity contribution < 1.29 is 9.90 Å². The molecule has 3 nitrogen and oxygen atoms in total. The first-order chi connectivity index (χ1) is 7.77. The summed E-state index contributed by atoms with van der Waals surface area (Å²) in [6.45, 7) is 0.0114. The van der Waals surface area contributed by atoms with E-state index >= 15 is 0 Å². The minimum absolute atomic E-state index is 0.0114. The highest BCUT2D eigenvalue weighted by Crippen LogP contribution is 2.18. The van der Waals surface area contributed by atoms with E-state index < -0.39 is 0 Å². The summed E-state index contributed by atoms with van der Waals surface area (Å²) < 4.78 is 0. The van der Waals surface area contributed by atoms with Gasteiger partial charge in [0, 0.05) is 17.0 Å². The number of rotatable bonds is 5. The Hall–Kier alpha value is -0.970. The lowest BCUT2D eigenvalue weighted by atomic mass is 10.3. The third kappa shape index (κ3) is 4.26. The first-order valence-corrected chi connectivity index (χ1v) is 6.10. The summed E-state index contributed by atoms with van der Waals surface area (Å²) in [7, 11) is 0. The van der Waals surface area contributed by atoms with E-state index in [0.29, 0.717) is 16.3 Å². The summed E-state index contributed by atoms with van der Waals surface area (Å²) in [4.78, 5) is 12.1. The zero-order valence-electron chi connectivity index (χ0n) is 8.52. The van der Waals surface area contributed by atoms with Crippen molar-refractivity contribution in [3.63, 3.8) is 0 Å². The van der Waals surface area contributed by atoms with Crippen molar-refractivity contribution in [2.45, 2.75) is 0 Å². The molecule has 0 bridgehead atoms. The Morgan fingerprint density at radius 3 is 2.69 bits per heavy atom. The minimum atomic E-state index is -0.264. The van der Waals surface area contributed by atoms with Crippen LogP contribution in [0.2, 0.25) is 0 Å². The second-order valence-electron chi connectivity index (χ2n) is 2.87. The van der Waals surface area contributed by atoms with Crippen molar-refractivity contribution in [3.8, 4) is 0 Å². The SMILES string of the molecule is O=C(Nc1ccccc1)C(=CCl)SCCO. The third-order valence-electron chi connectivity index (χ3n) is 1.70. The van der Waals surface area contributed by atoms with Gasteiger partial charge in [0.15, 0.2) is 0 Å². The number of benzene rings is 1. The van der Waals surface area contributed by atoms with Gasteiger partial charge in [-0.25, -0.2) is 0 Å². The highest BCUT2D eigenvalue weighted by atomic mass is 35.5. The summed E-state index contributed by atoms with van der Waals surface area (Å²) in [5.74, 6) is 0.181. The zero-order valence-corrected chi connectivity index (χ0v) is 10.1. The molecule has 0 saturated heterocycles. The van der Waals surface area contributed by atoms with Crippen molar-refractivity contribution in [2.24, 2.45) is 0 Å². The predicted molar refractivity (Wildman–Crippen MR) is 68.6 cm³/mol. The molecule has 0 unspecified atom stereocenters. The molecule has 86 valence electrons. The maximum Gasteiger partial charge on any atom is 0.262 e. The summed E-state index contributed by atoms with van der Waals surface area (Å²) in [6, 6.07) is 9.12. The largest absolute Gasteiger partial charge is 0.396 e. The molecule has 1 amide bonds. The molecular weight excluding hydrogens is 246 g/mol. The van der Waals surface area contributed by atoms with Gasteiger partial charge in [-0.1, -0.05) is 29.8 Å². The van der Waals surface area contributed by atoms with E-state index in [1.807, 2.05) is 18.2 Å². The lowest BCUT2D eigenvalue weighted by Gasteiger charge is -2.06. The summed E-state index contributed by atoms with van der Waals surface area (Å²) in [5.41, 5.74) is 1.94. The second kappa shape index (κ2) is 7.33. The van der Waals surface area contributed by atoms with Gasteiger partial charge in [-0.05, 0) is 12.1 Å². The van der Waals surface area contributed by atoms with Crippen LogP contribution in [0.25, 0.3) is 0 Å². The number of carbonyl (C=O) groups is 1. The Morgan fingerprint density at radius 1 is 1.44 bits per heavy atom. The fourth-order valence-corrected chi connectivity index (χ4v) is 1.86. The molecule has 0 saturated carbocycles. The fourth-order valence-electron chi connectivity index (χ4n) is 1.02. The predicted octanol–water partition coefficient (Wildman–Crippen LogP) is 2.43. The van der Waals surface area contributed by atoms with Gasteiger partial charge in [0.1, 0.15) is 0 Å². The summed E-state index contributed by atoms with van der Waals surface area (Å²) in [5, 5.41) is 11.4. The van der Waals surface area contributed by atoms with Crippen molar-refractivity contribution in [3.05, 3.63) is 40.8 Å². The number of thioether (sulfide) groups is 1. The standard InChI is InChI=1S/C11H12ClNO2S/c12-8-10(16-7-6-14)11(15)13-9-4-2-1-3-5-9/h1-5,8,14H,6-7H2,(H,13,15). The smallest absolute Gasteiger partial charge is 0.262 e. The van der Waals surface area contributed by atoms with Crippen LogP contribution >= 0.6 is 23.4 Å². The average molecular weight is 258 g/mol. The average Bonchev–Trinajstić information content (AvgIpc) is 2.31. The number of nitrogens with one attached hydrogen (secondary N) is 1. The summed E-state index contributed by atoms with van der Waals surface area (Å²) >= 11 is 6.76. The van der Waals surface area contributed by atoms with Crippen molar-refractivity contribution in [1.29, 1.82) is 0 Å². The highest BCUT2D eigenvalue weighted by molar-refractivity contribution is 8.04. The van der Waals surface area contributed by atoms with Gasteiger partial charge >= 0.3 is 0 Å². The number of anilines is 1. The van der Waals surface area contributed by atoms with E-state index in [0.717, 1.165) is 0 Å². The van der Waals surface area contributed by atoms with Gasteiger partial charge in [0.25, 0.3) is 5.91 Å². The normalized spacial score (nSPS) is 11.2. The lowest BCUT2D eigenvalue weighted by molar-refractivity contribution is -0.112. The number of carbonyl (C=O) groups excluding carboxylic acids is 1. The van der Waals surface area contributed by atoms with Crippen LogP contribution in [0.1, 0.15) is 0 Å². The monoisotopic (exact) mass is 257 g/mol. The molecule has 0 radical (unpaired) electrons. The zero-order chi connectivity index (χ0) is 11.8. The van der Waals surface area contributed by atoms with E-state index in [1.165, 1.54) is 17.3 Å². The first-order valence-electron chi connectivity index (χ1n) is 4.68. The minimum Gasteiger partial charge on any atom is -0.396 e. The number of aliphatic hydroxyl groups excluding tert-OH is 1. The molecule has 0 aliphatic heterocycles. The van der Waals surface area contributed by atoms with Crippen LogP contribution in [-0.2, 0) is 4.79 Å². The Bertz CT molecular complexity index is 368. The number of amides is 1. The van der Waals surface area contributed by atoms with Gasteiger partial charge in [-0.3, -0.25) is 4.79 Å².